The van der Waals surface area contributed by atoms with E-state index in [0.717, 1.165) is 0 Å². The van der Waals surface area contributed by atoms with Crippen LogP contribution in [0.25, 0.3) is 0 Å². The van der Waals surface area contributed by atoms with Crippen LogP contribution in [0.2, 0.25) is 0 Å². The molecule has 0 spiro atoms. The fourth-order valence-electron chi connectivity index (χ4n) is 3.12. The number of benzene rings is 2. The van der Waals surface area contributed by atoms with Gasteiger partial charge in [-0.2, -0.15) is 0 Å². The maximum absolute atomic E-state index is 12.8. The fraction of sp³-hybridized carbons (Fsp3) is 0.211. The number of ether oxygens (including phenoxy) is 1. The SMILES string of the molecule is O=S(=O)(c1ccccc1)c1ccc2c(c1)OCCN2C(O)Cn1ccnc1. The van der Waals surface area contributed by atoms with Gasteiger partial charge in [0.25, 0.3) is 0 Å². The van der Waals surface area contributed by atoms with E-state index in [2.05, 4.69) is 4.98 Å². The summed E-state index contributed by atoms with van der Waals surface area (Å²) in [6.07, 6.45) is 4.29. The van der Waals surface area contributed by atoms with E-state index < -0.39 is 16.1 Å². The molecule has 2 aromatic carbocycles. The summed E-state index contributed by atoms with van der Waals surface area (Å²) in [5.41, 5.74) is 0.667. The lowest BCUT2D eigenvalue weighted by atomic mass is 10.2. The Bertz CT molecular complexity index is 1020. The number of hydrogen-bond donors (Lipinski definition) is 1. The number of aliphatic hydroxyl groups is 1. The smallest absolute Gasteiger partial charge is 0.206 e. The Kier molecular flexibility index (Phi) is 4.59. The average molecular weight is 385 g/mol. The minimum absolute atomic E-state index is 0.165. The lowest BCUT2D eigenvalue weighted by molar-refractivity contribution is 0.136. The second-order valence-corrected chi connectivity index (χ2v) is 8.18. The van der Waals surface area contributed by atoms with Crippen LogP contribution in [0, 0.1) is 0 Å². The summed E-state index contributed by atoms with van der Waals surface area (Å²) in [4.78, 5) is 6.18. The van der Waals surface area contributed by atoms with Crippen LogP contribution in [0.15, 0.2) is 77.0 Å². The molecule has 140 valence electrons. The number of rotatable bonds is 5. The van der Waals surface area contributed by atoms with Crippen LogP contribution in [-0.4, -0.2) is 42.5 Å². The highest BCUT2D eigenvalue weighted by Gasteiger charge is 2.26. The Labute approximate surface area is 157 Å². The van der Waals surface area contributed by atoms with Gasteiger partial charge in [0, 0.05) is 18.5 Å². The average Bonchev–Trinajstić information content (AvgIpc) is 3.20. The Morgan fingerprint density at radius 3 is 2.70 bits per heavy atom. The highest BCUT2D eigenvalue weighted by molar-refractivity contribution is 7.91. The van der Waals surface area contributed by atoms with Crippen molar-refractivity contribution in [1.29, 1.82) is 0 Å². The van der Waals surface area contributed by atoms with E-state index in [1.165, 1.54) is 6.07 Å². The number of nitrogens with zero attached hydrogens (tertiary/aromatic N) is 3. The van der Waals surface area contributed by atoms with Crippen LogP contribution in [0.4, 0.5) is 5.69 Å². The molecule has 1 aliphatic heterocycles. The van der Waals surface area contributed by atoms with Gasteiger partial charge in [-0.15, -0.1) is 0 Å². The normalized spacial score (nSPS) is 15.1. The van der Waals surface area contributed by atoms with Crippen molar-refractivity contribution in [3.8, 4) is 5.75 Å². The van der Waals surface area contributed by atoms with Crippen molar-refractivity contribution in [2.24, 2.45) is 0 Å². The summed E-state index contributed by atoms with van der Waals surface area (Å²) in [6, 6.07) is 13.0. The predicted octanol–water partition coefficient (Wildman–Crippen LogP) is 1.93. The number of imidazole rings is 1. The Balaban J connectivity index is 1.64. The molecule has 3 aromatic rings. The summed E-state index contributed by atoms with van der Waals surface area (Å²) in [6.45, 7) is 1.22. The Morgan fingerprint density at radius 1 is 1.15 bits per heavy atom. The van der Waals surface area contributed by atoms with E-state index in [-0.39, 0.29) is 9.79 Å². The molecule has 0 radical (unpaired) electrons. The first-order valence-electron chi connectivity index (χ1n) is 8.53. The van der Waals surface area contributed by atoms with Crippen molar-refractivity contribution >= 4 is 15.5 Å². The van der Waals surface area contributed by atoms with E-state index in [1.807, 2.05) is 0 Å². The van der Waals surface area contributed by atoms with Gasteiger partial charge in [0.05, 0.1) is 34.9 Å². The van der Waals surface area contributed by atoms with Gasteiger partial charge in [-0.3, -0.25) is 0 Å². The van der Waals surface area contributed by atoms with E-state index in [1.54, 1.807) is 70.7 Å². The zero-order chi connectivity index (χ0) is 18.9. The molecule has 1 N–H and O–H groups in total. The minimum Gasteiger partial charge on any atom is -0.490 e. The van der Waals surface area contributed by atoms with Crippen molar-refractivity contribution in [1.82, 2.24) is 9.55 Å². The second kappa shape index (κ2) is 7.05. The molecule has 27 heavy (non-hydrogen) atoms. The maximum atomic E-state index is 12.8. The van der Waals surface area contributed by atoms with E-state index in [0.29, 0.717) is 31.1 Å². The Morgan fingerprint density at radius 2 is 1.96 bits per heavy atom. The fourth-order valence-corrected chi connectivity index (χ4v) is 4.41. The van der Waals surface area contributed by atoms with Gasteiger partial charge in [-0.25, -0.2) is 13.4 Å². The highest BCUT2D eigenvalue weighted by atomic mass is 32.2. The molecule has 0 fully saturated rings. The van der Waals surface area contributed by atoms with Crippen LogP contribution in [0.3, 0.4) is 0 Å². The molecule has 1 aromatic heterocycles. The molecule has 0 amide bonds. The van der Waals surface area contributed by atoms with Crippen molar-refractivity contribution in [3.05, 3.63) is 67.3 Å². The number of fused-ring (bicyclic) bond motifs is 1. The number of aromatic nitrogens is 2. The van der Waals surface area contributed by atoms with Gasteiger partial charge in [0.1, 0.15) is 18.6 Å². The first kappa shape index (κ1) is 17.6. The van der Waals surface area contributed by atoms with Crippen molar-refractivity contribution < 1.29 is 18.3 Å². The molecule has 7 nitrogen and oxygen atoms in total. The molecule has 0 saturated heterocycles. The van der Waals surface area contributed by atoms with Gasteiger partial charge in [-0.05, 0) is 24.3 Å². The maximum Gasteiger partial charge on any atom is 0.206 e. The third-order valence-corrected chi connectivity index (χ3v) is 6.25. The highest BCUT2D eigenvalue weighted by Crippen LogP contribution is 2.36. The van der Waals surface area contributed by atoms with Gasteiger partial charge in [0.15, 0.2) is 0 Å². The minimum atomic E-state index is -3.62. The third kappa shape index (κ3) is 3.41. The molecule has 4 rings (SSSR count). The number of sulfone groups is 1. The monoisotopic (exact) mass is 385 g/mol. The van der Waals surface area contributed by atoms with Crippen molar-refractivity contribution in [2.75, 3.05) is 18.1 Å². The Hall–Kier alpha value is -2.84. The molecule has 0 bridgehead atoms. The zero-order valence-electron chi connectivity index (χ0n) is 14.5. The number of anilines is 1. The molecule has 2 heterocycles. The lowest BCUT2D eigenvalue weighted by Crippen LogP contribution is -2.43. The lowest BCUT2D eigenvalue weighted by Gasteiger charge is -2.35. The van der Waals surface area contributed by atoms with Crippen molar-refractivity contribution in [3.63, 3.8) is 0 Å². The van der Waals surface area contributed by atoms with Crippen LogP contribution in [-0.2, 0) is 16.4 Å². The molecule has 0 saturated carbocycles. The predicted molar refractivity (Wildman–Crippen MR) is 99.4 cm³/mol. The summed E-state index contributed by atoms with van der Waals surface area (Å²) in [5.74, 6) is 0.447. The van der Waals surface area contributed by atoms with E-state index >= 15 is 0 Å². The van der Waals surface area contributed by atoms with Crippen LogP contribution >= 0.6 is 0 Å². The number of hydrogen-bond acceptors (Lipinski definition) is 6. The quantitative estimate of drug-likeness (QED) is 0.723. The van der Waals surface area contributed by atoms with E-state index in [9.17, 15) is 13.5 Å². The standard InChI is InChI=1S/C19H19N3O4S/c23-19(13-21-9-8-20-14-21)22-10-11-26-18-12-16(6-7-17(18)22)27(24,25)15-4-2-1-3-5-15/h1-9,12,14,19,23H,10-11,13H2. The first-order chi connectivity index (χ1) is 13.1. The second-order valence-electron chi connectivity index (χ2n) is 6.23. The first-order valence-corrected chi connectivity index (χ1v) is 10.0. The van der Waals surface area contributed by atoms with Crippen LogP contribution in [0.1, 0.15) is 0 Å². The van der Waals surface area contributed by atoms with E-state index in [4.69, 9.17) is 4.74 Å². The summed E-state index contributed by atoms with van der Waals surface area (Å²) in [7, 11) is -3.62. The van der Waals surface area contributed by atoms with Crippen LogP contribution in [0.5, 0.6) is 5.75 Å². The molecule has 1 unspecified atom stereocenters. The van der Waals surface area contributed by atoms with Gasteiger partial charge >= 0.3 is 0 Å². The van der Waals surface area contributed by atoms with Gasteiger partial charge in [0.2, 0.25) is 9.84 Å². The molecule has 1 atom stereocenters. The van der Waals surface area contributed by atoms with Crippen molar-refractivity contribution in [2.45, 2.75) is 22.6 Å². The zero-order valence-corrected chi connectivity index (χ0v) is 15.3. The summed E-state index contributed by atoms with van der Waals surface area (Å²) >= 11 is 0. The summed E-state index contributed by atoms with van der Waals surface area (Å²) < 4.78 is 33.1. The molecule has 0 aliphatic carbocycles. The molecular formula is C19H19N3O4S. The molecule has 8 heteroatoms. The van der Waals surface area contributed by atoms with Gasteiger partial charge < -0.3 is 19.3 Å². The topological polar surface area (TPSA) is 84.7 Å². The third-order valence-electron chi connectivity index (χ3n) is 4.49. The largest absolute Gasteiger partial charge is 0.490 e. The summed E-state index contributed by atoms with van der Waals surface area (Å²) in [5, 5.41) is 10.6. The van der Waals surface area contributed by atoms with Gasteiger partial charge in [-0.1, -0.05) is 18.2 Å². The van der Waals surface area contributed by atoms with Crippen LogP contribution < -0.4 is 9.64 Å². The number of aliphatic hydroxyl groups excluding tert-OH is 1. The molecule has 1 aliphatic rings. The molecular weight excluding hydrogens is 366 g/mol.